The second-order valence-electron chi connectivity index (χ2n) is 5.28. The zero-order valence-corrected chi connectivity index (χ0v) is 12.0. The highest BCUT2D eigenvalue weighted by Crippen LogP contribution is 2.16. The van der Waals surface area contributed by atoms with Gasteiger partial charge in [-0.15, -0.1) is 0 Å². The summed E-state index contributed by atoms with van der Waals surface area (Å²) in [4.78, 5) is 17.7. The highest BCUT2D eigenvalue weighted by Gasteiger charge is 2.12. The van der Waals surface area contributed by atoms with Crippen LogP contribution in [0.4, 0.5) is 0 Å². The summed E-state index contributed by atoms with van der Waals surface area (Å²) in [6.45, 7) is 8.37. The average Bonchev–Trinajstić information content (AvgIpc) is 2.39. The number of aromatic nitrogens is 4. The lowest BCUT2D eigenvalue weighted by Gasteiger charge is -2.10. The summed E-state index contributed by atoms with van der Waals surface area (Å²) in [7, 11) is 0. The van der Waals surface area contributed by atoms with Crippen LogP contribution in [0.1, 0.15) is 55.5 Å². The van der Waals surface area contributed by atoms with E-state index in [1.54, 1.807) is 0 Å². The van der Waals surface area contributed by atoms with Crippen LogP contribution >= 0.6 is 0 Å². The standard InChI is InChI=1S/C15H20N4/c1-10(2)13-5-6-16-14(19-13)7-12(4)15-17-8-11(3)9-18-15/h5-6,8-10,12H,7H2,1-4H3. The summed E-state index contributed by atoms with van der Waals surface area (Å²) in [6, 6.07) is 1.97. The summed E-state index contributed by atoms with van der Waals surface area (Å²) in [5, 5.41) is 0. The zero-order valence-electron chi connectivity index (χ0n) is 12.0. The topological polar surface area (TPSA) is 51.6 Å². The molecule has 0 fully saturated rings. The Morgan fingerprint density at radius 1 is 1.05 bits per heavy atom. The minimum atomic E-state index is 0.225. The van der Waals surface area contributed by atoms with Crippen LogP contribution in [0.5, 0.6) is 0 Å². The Labute approximate surface area is 114 Å². The molecule has 4 nitrogen and oxygen atoms in total. The molecule has 0 aliphatic rings. The predicted octanol–water partition coefficient (Wildman–Crippen LogP) is 3.04. The fraction of sp³-hybridized carbons (Fsp3) is 0.467. The van der Waals surface area contributed by atoms with E-state index in [1.165, 1.54) is 0 Å². The van der Waals surface area contributed by atoms with Gasteiger partial charge in [0.2, 0.25) is 0 Å². The molecule has 2 rings (SSSR count). The van der Waals surface area contributed by atoms with Crippen LogP contribution in [0.3, 0.4) is 0 Å². The number of hydrogen-bond donors (Lipinski definition) is 0. The van der Waals surface area contributed by atoms with Gasteiger partial charge in [-0.25, -0.2) is 19.9 Å². The van der Waals surface area contributed by atoms with Gasteiger partial charge in [-0.05, 0) is 24.5 Å². The second-order valence-corrected chi connectivity index (χ2v) is 5.28. The van der Waals surface area contributed by atoms with Crippen molar-refractivity contribution in [1.82, 2.24) is 19.9 Å². The number of nitrogens with zero attached hydrogens (tertiary/aromatic N) is 4. The number of hydrogen-bond acceptors (Lipinski definition) is 4. The van der Waals surface area contributed by atoms with E-state index in [1.807, 2.05) is 31.6 Å². The molecule has 4 heteroatoms. The van der Waals surface area contributed by atoms with Crippen LogP contribution in [0, 0.1) is 6.92 Å². The van der Waals surface area contributed by atoms with Crippen molar-refractivity contribution in [3.8, 4) is 0 Å². The molecule has 2 aromatic heterocycles. The molecule has 0 aromatic carbocycles. The van der Waals surface area contributed by atoms with Crippen LogP contribution < -0.4 is 0 Å². The lowest BCUT2D eigenvalue weighted by Crippen LogP contribution is -2.08. The summed E-state index contributed by atoms with van der Waals surface area (Å²) < 4.78 is 0. The molecule has 0 radical (unpaired) electrons. The molecule has 0 saturated carbocycles. The smallest absolute Gasteiger partial charge is 0.131 e. The van der Waals surface area contributed by atoms with E-state index in [9.17, 15) is 0 Å². The normalized spacial score (nSPS) is 12.7. The summed E-state index contributed by atoms with van der Waals surface area (Å²) in [5.41, 5.74) is 2.16. The average molecular weight is 256 g/mol. The number of aryl methyl sites for hydroxylation is 1. The van der Waals surface area contributed by atoms with Gasteiger partial charge >= 0.3 is 0 Å². The van der Waals surface area contributed by atoms with Crippen LogP contribution in [-0.2, 0) is 6.42 Å². The monoisotopic (exact) mass is 256 g/mol. The second kappa shape index (κ2) is 5.87. The molecule has 0 bridgehead atoms. The maximum absolute atomic E-state index is 4.59. The van der Waals surface area contributed by atoms with E-state index in [4.69, 9.17) is 0 Å². The van der Waals surface area contributed by atoms with Gasteiger partial charge in [0.25, 0.3) is 0 Å². The first kappa shape index (κ1) is 13.6. The van der Waals surface area contributed by atoms with Gasteiger partial charge in [0, 0.05) is 36.6 Å². The first-order valence-corrected chi connectivity index (χ1v) is 6.66. The van der Waals surface area contributed by atoms with Crippen molar-refractivity contribution in [3.63, 3.8) is 0 Å². The lowest BCUT2D eigenvalue weighted by molar-refractivity contribution is 0.659. The van der Waals surface area contributed by atoms with Crippen molar-refractivity contribution >= 4 is 0 Å². The zero-order chi connectivity index (χ0) is 13.8. The SMILES string of the molecule is Cc1cnc(C(C)Cc2nccc(C(C)C)n2)nc1. The highest BCUT2D eigenvalue weighted by atomic mass is 14.9. The molecule has 2 aromatic rings. The van der Waals surface area contributed by atoms with Crippen LogP contribution in [0.25, 0.3) is 0 Å². The first-order valence-electron chi connectivity index (χ1n) is 6.66. The van der Waals surface area contributed by atoms with Crippen LogP contribution in [0.15, 0.2) is 24.7 Å². The van der Waals surface area contributed by atoms with Crippen molar-refractivity contribution in [1.29, 1.82) is 0 Å². The molecule has 0 amide bonds. The quantitative estimate of drug-likeness (QED) is 0.843. The fourth-order valence-corrected chi connectivity index (χ4v) is 1.86. The van der Waals surface area contributed by atoms with Gasteiger partial charge in [-0.3, -0.25) is 0 Å². The minimum absolute atomic E-state index is 0.225. The van der Waals surface area contributed by atoms with Gasteiger partial charge in [0.05, 0.1) is 0 Å². The van der Waals surface area contributed by atoms with Gasteiger partial charge < -0.3 is 0 Å². The Hall–Kier alpha value is -1.84. The van der Waals surface area contributed by atoms with Crippen molar-refractivity contribution in [3.05, 3.63) is 47.6 Å². The molecule has 0 saturated heterocycles. The largest absolute Gasteiger partial charge is 0.241 e. The third-order valence-electron chi connectivity index (χ3n) is 3.05. The minimum Gasteiger partial charge on any atom is -0.241 e. The van der Waals surface area contributed by atoms with Crippen LogP contribution in [0.2, 0.25) is 0 Å². The Balaban J connectivity index is 2.12. The van der Waals surface area contributed by atoms with E-state index >= 15 is 0 Å². The molecule has 100 valence electrons. The summed E-state index contributed by atoms with van der Waals surface area (Å²) in [6.07, 6.45) is 6.30. The van der Waals surface area contributed by atoms with E-state index < -0.39 is 0 Å². The van der Waals surface area contributed by atoms with Crippen LogP contribution in [-0.4, -0.2) is 19.9 Å². The maximum atomic E-state index is 4.59. The molecule has 0 spiro atoms. The number of rotatable bonds is 4. The van der Waals surface area contributed by atoms with Gasteiger partial charge in [0.15, 0.2) is 0 Å². The van der Waals surface area contributed by atoms with Crippen molar-refractivity contribution in [2.24, 2.45) is 0 Å². The van der Waals surface area contributed by atoms with Gasteiger partial charge in [0.1, 0.15) is 11.6 Å². The Morgan fingerprint density at radius 3 is 2.37 bits per heavy atom. The van der Waals surface area contributed by atoms with Gasteiger partial charge in [-0.2, -0.15) is 0 Å². The third-order valence-corrected chi connectivity index (χ3v) is 3.05. The van der Waals surface area contributed by atoms with Gasteiger partial charge in [-0.1, -0.05) is 20.8 Å². The third kappa shape index (κ3) is 3.56. The van der Waals surface area contributed by atoms with E-state index in [2.05, 4.69) is 40.7 Å². The van der Waals surface area contributed by atoms with Crippen molar-refractivity contribution < 1.29 is 0 Å². The first-order chi connectivity index (χ1) is 9.06. The summed E-state index contributed by atoms with van der Waals surface area (Å²) >= 11 is 0. The summed E-state index contributed by atoms with van der Waals surface area (Å²) in [5.74, 6) is 2.36. The molecule has 0 N–H and O–H groups in total. The predicted molar refractivity (Wildman–Crippen MR) is 75.0 cm³/mol. The van der Waals surface area contributed by atoms with E-state index in [0.29, 0.717) is 5.92 Å². The Morgan fingerprint density at radius 2 is 1.74 bits per heavy atom. The molecule has 0 aliphatic heterocycles. The van der Waals surface area contributed by atoms with Crippen molar-refractivity contribution in [2.45, 2.75) is 46.0 Å². The fourth-order valence-electron chi connectivity index (χ4n) is 1.86. The molecule has 0 aliphatic carbocycles. The molecular weight excluding hydrogens is 236 g/mol. The Bertz CT molecular complexity index is 534. The molecule has 19 heavy (non-hydrogen) atoms. The maximum Gasteiger partial charge on any atom is 0.131 e. The molecule has 1 unspecified atom stereocenters. The Kier molecular flexibility index (Phi) is 4.20. The van der Waals surface area contributed by atoms with Crippen molar-refractivity contribution in [2.75, 3.05) is 0 Å². The van der Waals surface area contributed by atoms with E-state index in [-0.39, 0.29) is 5.92 Å². The molecular formula is C15H20N4. The lowest BCUT2D eigenvalue weighted by atomic mass is 10.1. The highest BCUT2D eigenvalue weighted by molar-refractivity contribution is 5.10. The molecule has 2 heterocycles. The molecule has 1 atom stereocenters. The van der Waals surface area contributed by atoms with E-state index in [0.717, 1.165) is 29.3 Å².